The smallest absolute Gasteiger partial charge is 0.258 e. The van der Waals surface area contributed by atoms with Crippen LogP contribution in [-0.2, 0) is 9.63 Å². The van der Waals surface area contributed by atoms with Crippen molar-refractivity contribution in [2.75, 3.05) is 30.3 Å². The molecule has 154 valence electrons. The Morgan fingerprint density at radius 2 is 1.83 bits per heavy atom. The Kier molecular flexibility index (Phi) is 5.31. The highest BCUT2D eigenvalue weighted by Gasteiger charge is 2.34. The van der Waals surface area contributed by atoms with Gasteiger partial charge in [0, 0.05) is 27.0 Å². The number of allylic oxidation sites excluding steroid dienone is 1. The average Bonchev–Trinajstić information content (AvgIpc) is 3.28. The molecule has 3 heterocycles. The Balaban J connectivity index is 1.47. The number of para-hydroxylation sites is 1. The third kappa shape index (κ3) is 3.63. The molecule has 0 radical (unpaired) electrons. The second kappa shape index (κ2) is 8.24. The highest BCUT2D eigenvalue weighted by molar-refractivity contribution is 9.10. The van der Waals surface area contributed by atoms with Crippen molar-refractivity contribution in [2.24, 2.45) is 11.1 Å². The van der Waals surface area contributed by atoms with Crippen molar-refractivity contribution in [2.45, 2.75) is 19.3 Å². The second-order valence-electron chi connectivity index (χ2n) is 7.82. The predicted octanol–water partition coefficient (Wildman–Crippen LogP) is 4.35. The van der Waals surface area contributed by atoms with E-state index in [1.54, 1.807) is 0 Å². The van der Waals surface area contributed by atoms with E-state index in [9.17, 15) is 4.79 Å². The van der Waals surface area contributed by atoms with E-state index in [4.69, 9.17) is 4.84 Å². The minimum atomic E-state index is -0.138. The zero-order chi connectivity index (χ0) is 20.5. The van der Waals surface area contributed by atoms with E-state index in [0.717, 1.165) is 46.5 Å². The molecule has 6 nitrogen and oxygen atoms in total. The number of benzene rings is 2. The number of fused-ring (bicyclic) bond motifs is 2. The normalized spacial score (nSPS) is 21.9. The van der Waals surface area contributed by atoms with Crippen LogP contribution in [0.25, 0.3) is 5.57 Å². The van der Waals surface area contributed by atoms with Gasteiger partial charge in [-0.1, -0.05) is 39.3 Å². The summed E-state index contributed by atoms with van der Waals surface area (Å²) in [5, 5.41) is 14.2. The van der Waals surface area contributed by atoms with Crippen LogP contribution in [0, 0.1) is 5.92 Å². The number of hydrogen-bond acceptors (Lipinski definition) is 5. The number of rotatable bonds is 4. The molecule has 2 aromatic rings. The molecule has 0 aliphatic carbocycles. The number of carbonyl (C=O) groups is 1. The molecule has 0 bridgehead atoms. The van der Waals surface area contributed by atoms with Crippen LogP contribution in [0.1, 0.15) is 30.4 Å². The first kappa shape index (κ1) is 19.3. The Morgan fingerprint density at radius 1 is 1.03 bits per heavy atom. The number of carbonyl (C=O) groups excluding carboxylic acids is 1. The van der Waals surface area contributed by atoms with E-state index in [1.807, 2.05) is 42.5 Å². The topological polar surface area (TPSA) is 74.8 Å². The van der Waals surface area contributed by atoms with Gasteiger partial charge in [-0.2, -0.15) is 0 Å². The molecular formula is C23H23BrN4O2. The first-order valence-corrected chi connectivity index (χ1v) is 11.1. The van der Waals surface area contributed by atoms with Gasteiger partial charge < -0.3 is 20.8 Å². The Bertz CT molecular complexity index is 1060. The third-order valence-corrected chi connectivity index (χ3v) is 6.38. The van der Waals surface area contributed by atoms with Gasteiger partial charge in [0.2, 0.25) is 0 Å². The van der Waals surface area contributed by atoms with Gasteiger partial charge in [0.1, 0.15) is 12.3 Å². The summed E-state index contributed by atoms with van der Waals surface area (Å²) in [6.45, 7) is 2.74. The SMILES string of the molecule is O=C1Nc2ccc(Br)cc2/C1=C1/Nc2ccccc2/C1=N\OCCC1CCNCC1. The van der Waals surface area contributed by atoms with E-state index in [0.29, 0.717) is 29.5 Å². The fraction of sp³-hybridized carbons (Fsp3) is 0.304. The van der Waals surface area contributed by atoms with E-state index < -0.39 is 0 Å². The lowest BCUT2D eigenvalue weighted by Crippen LogP contribution is -2.28. The molecule has 1 fully saturated rings. The summed E-state index contributed by atoms with van der Waals surface area (Å²) in [5.74, 6) is 0.545. The quantitative estimate of drug-likeness (QED) is 0.355. The molecule has 2 aromatic carbocycles. The summed E-state index contributed by atoms with van der Waals surface area (Å²) in [6.07, 6.45) is 3.37. The molecule has 0 saturated carbocycles. The van der Waals surface area contributed by atoms with Crippen molar-refractivity contribution in [1.29, 1.82) is 0 Å². The molecule has 5 rings (SSSR count). The standard InChI is InChI=1S/C23H23BrN4O2/c24-15-5-6-19-17(13-15)20(23(29)27-19)22-21(16-3-1-2-4-18(16)26-22)28-30-12-9-14-7-10-25-11-8-14/h1-6,13-14,25-26H,7-12H2,(H,27,29)/b22-20-,28-21+. The molecular weight excluding hydrogens is 444 g/mol. The summed E-state index contributed by atoms with van der Waals surface area (Å²) in [5.41, 5.74) is 5.47. The van der Waals surface area contributed by atoms with Crippen molar-refractivity contribution >= 4 is 44.5 Å². The van der Waals surface area contributed by atoms with Gasteiger partial charge >= 0.3 is 0 Å². The zero-order valence-corrected chi connectivity index (χ0v) is 18.1. The maximum absolute atomic E-state index is 12.8. The minimum absolute atomic E-state index is 0.138. The van der Waals surface area contributed by atoms with Crippen molar-refractivity contribution in [3.05, 3.63) is 63.8 Å². The summed E-state index contributed by atoms with van der Waals surface area (Å²) < 4.78 is 0.920. The van der Waals surface area contributed by atoms with Gasteiger partial charge in [0.15, 0.2) is 0 Å². The van der Waals surface area contributed by atoms with E-state index in [-0.39, 0.29) is 5.91 Å². The Labute approximate surface area is 183 Å². The van der Waals surface area contributed by atoms with Gasteiger partial charge in [-0.25, -0.2) is 0 Å². The second-order valence-corrected chi connectivity index (χ2v) is 8.74. The number of halogens is 1. The fourth-order valence-electron chi connectivity index (χ4n) is 4.29. The monoisotopic (exact) mass is 466 g/mol. The van der Waals surface area contributed by atoms with Crippen molar-refractivity contribution < 1.29 is 9.63 Å². The molecule has 3 N–H and O–H groups in total. The number of piperidine rings is 1. The summed E-state index contributed by atoms with van der Waals surface area (Å²) in [7, 11) is 0. The predicted molar refractivity (Wildman–Crippen MR) is 122 cm³/mol. The van der Waals surface area contributed by atoms with Crippen molar-refractivity contribution in [3.63, 3.8) is 0 Å². The Morgan fingerprint density at radius 3 is 2.70 bits per heavy atom. The van der Waals surface area contributed by atoms with Gasteiger partial charge in [0.05, 0.1) is 11.3 Å². The number of amides is 1. The number of nitrogens with zero attached hydrogens (tertiary/aromatic N) is 1. The molecule has 0 spiro atoms. The molecule has 0 atom stereocenters. The largest absolute Gasteiger partial charge is 0.395 e. The van der Waals surface area contributed by atoms with Gasteiger partial charge in [-0.3, -0.25) is 4.79 Å². The summed E-state index contributed by atoms with van der Waals surface area (Å²) in [6, 6.07) is 13.7. The van der Waals surface area contributed by atoms with Gasteiger partial charge in [-0.05, 0) is 62.5 Å². The lowest BCUT2D eigenvalue weighted by molar-refractivity contribution is -0.110. The molecule has 7 heteroatoms. The maximum atomic E-state index is 12.8. The van der Waals surface area contributed by atoms with Crippen molar-refractivity contribution in [1.82, 2.24) is 5.32 Å². The molecule has 0 aromatic heterocycles. The first-order chi connectivity index (χ1) is 14.7. The van der Waals surface area contributed by atoms with E-state index in [2.05, 4.69) is 37.0 Å². The number of hydrogen-bond donors (Lipinski definition) is 3. The van der Waals surface area contributed by atoms with Gasteiger partial charge in [-0.15, -0.1) is 0 Å². The molecule has 1 saturated heterocycles. The zero-order valence-electron chi connectivity index (χ0n) is 16.5. The maximum Gasteiger partial charge on any atom is 0.258 e. The van der Waals surface area contributed by atoms with Crippen LogP contribution in [0.2, 0.25) is 0 Å². The molecule has 3 aliphatic rings. The Hall–Kier alpha value is -2.64. The highest BCUT2D eigenvalue weighted by Crippen LogP contribution is 2.40. The average molecular weight is 467 g/mol. The molecule has 3 aliphatic heterocycles. The number of anilines is 2. The lowest BCUT2D eigenvalue weighted by atomic mass is 9.95. The first-order valence-electron chi connectivity index (χ1n) is 10.3. The van der Waals surface area contributed by atoms with Crippen LogP contribution in [0.15, 0.2) is 57.8 Å². The summed E-state index contributed by atoms with van der Waals surface area (Å²) >= 11 is 3.51. The van der Waals surface area contributed by atoms with Crippen LogP contribution < -0.4 is 16.0 Å². The van der Waals surface area contributed by atoms with Crippen LogP contribution >= 0.6 is 15.9 Å². The minimum Gasteiger partial charge on any atom is -0.395 e. The van der Waals surface area contributed by atoms with E-state index in [1.165, 1.54) is 12.8 Å². The van der Waals surface area contributed by atoms with Crippen LogP contribution in [0.3, 0.4) is 0 Å². The van der Waals surface area contributed by atoms with Crippen LogP contribution in [0.4, 0.5) is 11.4 Å². The lowest BCUT2D eigenvalue weighted by Gasteiger charge is -2.21. The highest BCUT2D eigenvalue weighted by atomic mass is 79.9. The summed E-state index contributed by atoms with van der Waals surface area (Å²) in [4.78, 5) is 18.6. The van der Waals surface area contributed by atoms with Crippen LogP contribution in [-0.4, -0.2) is 31.3 Å². The van der Waals surface area contributed by atoms with Crippen molar-refractivity contribution in [3.8, 4) is 0 Å². The molecule has 1 amide bonds. The van der Waals surface area contributed by atoms with E-state index >= 15 is 0 Å². The fourth-order valence-corrected chi connectivity index (χ4v) is 4.65. The number of nitrogens with one attached hydrogen (secondary N) is 3. The van der Waals surface area contributed by atoms with Gasteiger partial charge in [0.25, 0.3) is 5.91 Å². The third-order valence-electron chi connectivity index (χ3n) is 5.89. The number of oxime groups is 1. The molecule has 30 heavy (non-hydrogen) atoms. The van der Waals surface area contributed by atoms with Crippen LogP contribution in [0.5, 0.6) is 0 Å². The molecule has 0 unspecified atom stereocenters.